The van der Waals surface area contributed by atoms with E-state index < -0.39 is 0 Å². The molecule has 1 aromatic heterocycles. The third-order valence-corrected chi connectivity index (χ3v) is 3.93. The molecule has 2 rings (SSSR count). The molecule has 0 amide bonds. The van der Waals surface area contributed by atoms with E-state index in [0.717, 1.165) is 32.8 Å². The molecule has 1 fully saturated rings. The zero-order valence-electron chi connectivity index (χ0n) is 12.4. The van der Waals surface area contributed by atoms with Gasteiger partial charge in [0.05, 0.1) is 12.8 Å². The average molecular weight is 266 g/mol. The Bertz CT molecular complexity index is 379. The number of aromatic nitrogens is 2. The first-order valence-corrected chi connectivity index (χ1v) is 6.99. The predicted molar refractivity (Wildman–Crippen MR) is 76.0 cm³/mol. The van der Waals surface area contributed by atoms with Gasteiger partial charge >= 0.3 is 0 Å². The number of hydrogen-bond donors (Lipinski definition) is 1. The minimum atomic E-state index is 0.303. The molecule has 0 saturated carbocycles. The van der Waals surface area contributed by atoms with E-state index in [2.05, 4.69) is 28.6 Å². The van der Waals surface area contributed by atoms with E-state index in [1.54, 1.807) is 0 Å². The van der Waals surface area contributed by atoms with Crippen molar-refractivity contribution < 1.29 is 4.74 Å². The molecule has 0 spiro atoms. The summed E-state index contributed by atoms with van der Waals surface area (Å²) in [7, 11) is 5.96. The van der Waals surface area contributed by atoms with Gasteiger partial charge < -0.3 is 15.0 Å². The number of hydrogen-bond acceptors (Lipinski definition) is 4. The van der Waals surface area contributed by atoms with Crippen molar-refractivity contribution in [3.05, 3.63) is 18.0 Å². The van der Waals surface area contributed by atoms with E-state index >= 15 is 0 Å². The van der Waals surface area contributed by atoms with Crippen molar-refractivity contribution >= 4 is 0 Å². The Labute approximate surface area is 115 Å². The van der Waals surface area contributed by atoms with Crippen molar-refractivity contribution in [3.63, 3.8) is 0 Å². The predicted octanol–water partition coefficient (Wildman–Crippen LogP) is 0.868. The summed E-state index contributed by atoms with van der Waals surface area (Å²) in [4.78, 5) is 2.39. The van der Waals surface area contributed by atoms with Crippen molar-refractivity contribution in [1.29, 1.82) is 0 Å². The molecule has 19 heavy (non-hydrogen) atoms. The van der Waals surface area contributed by atoms with Gasteiger partial charge in [-0.05, 0) is 33.0 Å². The van der Waals surface area contributed by atoms with Crippen LogP contribution in [0.5, 0.6) is 0 Å². The van der Waals surface area contributed by atoms with Crippen LogP contribution in [0.1, 0.15) is 18.4 Å². The summed E-state index contributed by atoms with van der Waals surface area (Å²) < 4.78 is 7.33. The Morgan fingerprint density at radius 1 is 1.47 bits per heavy atom. The molecule has 1 aliphatic rings. The highest BCUT2D eigenvalue weighted by molar-refractivity contribution is 5.03. The van der Waals surface area contributed by atoms with Crippen molar-refractivity contribution in [1.82, 2.24) is 20.0 Å². The van der Waals surface area contributed by atoms with Crippen LogP contribution in [0.4, 0.5) is 0 Å². The SMILES string of the molecule is COCC1(CN(C)Cc2cnn(C)c2)CCNCC1. The lowest BCUT2D eigenvalue weighted by atomic mass is 9.79. The minimum absolute atomic E-state index is 0.303. The molecule has 1 N–H and O–H groups in total. The fourth-order valence-corrected chi connectivity index (χ4v) is 3.11. The van der Waals surface area contributed by atoms with E-state index in [1.807, 2.05) is 25.0 Å². The number of methoxy groups -OCH3 is 1. The van der Waals surface area contributed by atoms with E-state index in [1.165, 1.54) is 18.4 Å². The summed E-state index contributed by atoms with van der Waals surface area (Å²) in [5.41, 5.74) is 1.57. The van der Waals surface area contributed by atoms with Crippen molar-refractivity contribution in [2.24, 2.45) is 12.5 Å². The standard InChI is InChI=1S/C14H26N4O/c1-17(9-13-8-16-18(2)10-13)11-14(12-19-3)4-6-15-7-5-14/h8,10,15H,4-7,9,11-12H2,1-3H3. The lowest BCUT2D eigenvalue weighted by molar-refractivity contribution is 0.0269. The van der Waals surface area contributed by atoms with Crippen LogP contribution in [0.3, 0.4) is 0 Å². The summed E-state index contributed by atoms with van der Waals surface area (Å²) in [5.74, 6) is 0. The van der Waals surface area contributed by atoms with Crippen molar-refractivity contribution in [3.8, 4) is 0 Å². The summed E-state index contributed by atoms with van der Waals surface area (Å²) in [5, 5.41) is 7.66. The maximum absolute atomic E-state index is 5.47. The molecule has 108 valence electrons. The van der Waals surface area contributed by atoms with Crippen LogP contribution in [0.25, 0.3) is 0 Å². The van der Waals surface area contributed by atoms with Crippen molar-refractivity contribution in [2.75, 3.05) is 40.4 Å². The molecule has 1 aliphatic heterocycles. The molecule has 0 aliphatic carbocycles. The second kappa shape index (κ2) is 6.50. The number of nitrogens with one attached hydrogen (secondary N) is 1. The monoisotopic (exact) mass is 266 g/mol. The fraction of sp³-hybridized carbons (Fsp3) is 0.786. The molecule has 0 radical (unpaired) electrons. The first-order valence-electron chi connectivity index (χ1n) is 6.99. The maximum Gasteiger partial charge on any atom is 0.0534 e. The molecule has 0 bridgehead atoms. The van der Waals surface area contributed by atoms with Gasteiger partial charge in [-0.1, -0.05) is 0 Å². The molecular weight excluding hydrogens is 240 g/mol. The molecular formula is C14H26N4O. The van der Waals surface area contributed by atoms with E-state index in [4.69, 9.17) is 4.74 Å². The van der Waals surface area contributed by atoms with Crippen LogP contribution < -0.4 is 5.32 Å². The number of nitrogens with zero attached hydrogens (tertiary/aromatic N) is 3. The largest absolute Gasteiger partial charge is 0.384 e. The topological polar surface area (TPSA) is 42.3 Å². The van der Waals surface area contributed by atoms with Crippen LogP contribution in [-0.4, -0.2) is 55.1 Å². The average Bonchev–Trinajstić information content (AvgIpc) is 2.75. The molecule has 2 heterocycles. The van der Waals surface area contributed by atoms with Crippen LogP contribution >= 0.6 is 0 Å². The third kappa shape index (κ3) is 4.03. The molecule has 0 unspecified atom stereocenters. The Hall–Kier alpha value is -0.910. The Balaban J connectivity index is 1.92. The first kappa shape index (κ1) is 14.5. The second-order valence-corrected chi connectivity index (χ2v) is 5.88. The quantitative estimate of drug-likeness (QED) is 0.829. The van der Waals surface area contributed by atoms with Gasteiger partial charge in [0.2, 0.25) is 0 Å². The first-order chi connectivity index (χ1) is 9.13. The summed E-state index contributed by atoms with van der Waals surface area (Å²) in [6.07, 6.45) is 6.42. The second-order valence-electron chi connectivity index (χ2n) is 5.88. The lowest BCUT2D eigenvalue weighted by Crippen LogP contribution is -2.46. The minimum Gasteiger partial charge on any atom is -0.384 e. The number of aryl methyl sites for hydroxylation is 1. The zero-order valence-corrected chi connectivity index (χ0v) is 12.4. The molecule has 5 nitrogen and oxygen atoms in total. The highest BCUT2D eigenvalue weighted by Gasteiger charge is 2.33. The van der Waals surface area contributed by atoms with Crippen molar-refractivity contribution in [2.45, 2.75) is 19.4 Å². The lowest BCUT2D eigenvalue weighted by Gasteiger charge is -2.39. The van der Waals surface area contributed by atoms with Crippen LogP contribution in [0.2, 0.25) is 0 Å². The van der Waals surface area contributed by atoms with E-state index in [-0.39, 0.29) is 0 Å². The summed E-state index contributed by atoms with van der Waals surface area (Å²) in [6, 6.07) is 0. The van der Waals surface area contributed by atoms with Crippen LogP contribution in [0.15, 0.2) is 12.4 Å². The van der Waals surface area contributed by atoms with Gasteiger partial charge in [0, 0.05) is 44.4 Å². The zero-order chi connectivity index (χ0) is 13.7. The van der Waals surface area contributed by atoms with Gasteiger partial charge in [0.1, 0.15) is 0 Å². The Kier molecular flexibility index (Phi) is 4.96. The van der Waals surface area contributed by atoms with Gasteiger partial charge in [0.15, 0.2) is 0 Å². The van der Waals surface area contributed by atoms with Gasteiger partial charge in [-0.3, -0.25) is 4.68 Å². The molecule has 0 aromatic carbocycles. The number of rotatable bonds is 6. The smallest absolute Gasteiger partial charge is 0.0534 e. The summed E-state index contributed by atoms with van der Waals surface area (Å²) >= 11 is 0. The highest BCUT2D eigenvalue weighted by atomic mass is 16.5. The van der Waals surface area contributed by atoms with E-state index in [9.17, 15) is 0 Å². The van der Waals surface area contributed by atoms with E-state index in [0.29, 0.717) is 5.41 Å². The van der Waals surface area contributed by atoms with Gasteiger partial charge in [-0.2, -0.15) is 5.10 Å². The van der Waals surface area contributed by atoms with Gasteiger partial charge in [0.25, 0.3) is 0 Å². The molecule has 0 atom stereocenters. The number of ether oxygens (including phenoxy) is 1. The van der Waals surface area contributed by atoms with Crippen LogP contribution in [0, 0.1) is 5.41 Å². The molecule has 1 aromatic rings. The summed E-state index contributed by atoms with van der Waals surface area (Å²) in [6.45, 7) is 5.09. The van der Waals surface area contributed by atoms with Gasteiger partial charge in [-0.25, -0.2) is 0 Å². The highest BCUT2D eigenvalue weighted by Crippen LogP contribution is 2.30. The molecule has 1 saturated heterocycles. The van der Waals surface area contributed by atoms with Gasteiger partial charge in [-0.15, -0.1) is 0 Å². The maximum atomic E-state index is 5.47. The molecule has 5 heteroatoms. The number of piperidine rings is 1. The normalized spacial score (nSPS) is 18.9. The van der Waals surface area contributed by atoms with Crippen LogP contribution in [-0.2, 0) is 18.3 Å². The Morgan fingerprint density at radius 3 is 2.79 bits per heavy atom. The fourth-order valence-electron chi connectivity index (χ4n) is 3.11. The Morgan fingerprint density at radius 2 is 2.21 bits per heavy atom. The third-order valence-electron chi connectivity index (χ3n) is 3.93.